The Morgan fingerprint density at radius 1 is 1.17 bits per heavy atom. The molecule has 0 aliphatic carbocycles. The molecule has 0 aliphatic heterocycles. The van der Waals surface area contributed by atoms with Crippen molar-refractivity contribution in [2.24, 2.45) is 0 Å². The van der Waals surface area contributed by atoms with Crippen LogP contribution in [0.1, 0.15) is 0 Å². The van der Waals surface area contributed by atoms with Crippen molar-refractivity contribution in [3.8, 4) is 11.5 Å². The van der Waals surface area contributed by atoms with E-state index < -0.39 is 4.92 Å². The maximum atomic E-state index is 10.8. The highest BCUT2D eigenvalue weighted by atomic mass is 32.1. The van der Waals surface area contributed by atoms with E-state index in [1.165, 1.54) is 30.6 Å². The molecule has 7 nitrogen and oxygen atoms in total. The molecule has 1 heterocycles. The van der Waals surface area contributed by atoms with Crippen molar-refractivity contribution in [2.45, 2.75) is 0 Å². The van der Waals surface area contributed by atoms with E-state index in [4.69, 9.17) is 9.47 Å². The van der Waals surface area contributed by atoms with Crippen LogP contribution in [0.3, 0.4) is 0 Å². The molecule has 0 radical (unpaired) electrons. The lowest BCUT2D eigenvalue weighted by atomic mass is 10.2. The summed E-state index contributed by atoms with van der Waals surface area (Å²) in [5, 5.41) is 14.6. The number of ether oxygens (including phenoxy) is 2. The van der Waals surface area contributed by atoms with Crippen LogP contribution in [-0.4, -0.2) is 24.1 Å². The normalized spacial score (nSPS) is 10.5. The van der Waals surface area contributed by atoms with Gasteiger partial charge >= 0.3 is 0 Å². The number of nitro groups is 1. The first kappa shape index (κ1) is 15.0. The summed E-state index contributed by atoms with van der Waals surface area (Å²) in [5.74, 6) is 1.12. The van der Waals surface area contributed by atoms with Crippen molar-refractivity contribution in [2.75, 3.05) is 19.5 Å². The lowest BCUT2D eigenvalue weighted by molar-refractivity contribution is -0.384. The Labute approximate surface area is 135 Å². The summed E-state index contributed by atoms with van der Waals surface area (Å²) in [5.41, 5.74) is 1.41. The minimum atomic E-state index is -0.462. The molecule has 23 heavy (non-hydrogen) atoms. The van der Waals surface area contributed by atoms with Gasteiger partial charge in [-0.3, -0.25) is 10.1 Å². The molecule has 1 aromatic heterocycles. The summed E-state index contributed by atoms with van der Waals surface area (Å²) >= 11 is 1.47. The molecule has 3 aromatic rings. The number of hydrogen-bond acceptors (Lipinski definition) is 7. The molecule has 0 amide bonds. The fraction of sp³-hybridized carbons (Fsp3) is 0.133. The summed E-state index contributed by atoms with van der Waals surface area (Å²) in [4.78, 5) is 14.8. The van der Waals surface area contributed by atoms with Gasteiger partial charge in [-0.2, -0.15) is 0 Å². The summed E-state index contributed by atoms with van der Waals surface area (Å²) in [6, 6.07) is 10.1. The van der Waals surface area contributed by atoms with Crippen LogP contribution in [0.25, 0.3) is 10.2 Å². The minimum absolute atomic E-state index is 0.0264. The topological polar surface area (TPSA) is 86.5 Å². The Morgan fingerprint density at radius 3 is 2.70 bits per heavy atom. The van der Waals surface area contributed by atoms with Crippen molar-refractivity contribution in [3.05, 3.63) is 46.5 Å². The van der Waals surface area contributed by atoms with Crippen molar-refractivity contribution >= 4 is 38.1 Å². The average molecular weight is 331 g/mol. The second kappa shape index (κ2) is 6.09. The Morgan fingerprint density at radius 2 is 2.00 bits per heavy atom. The van der Waals surface area contributed by atoms with E-state index in [2.05, 4.69) is 10.3 Å². The fourth-order valence-corrected chi connectivity index (χ4v) is 2.96. The zero-order valence-corrected chi connectivity index (χ0v) is 13.2. The van der Waals surface area contributed by atoms with E-state index in [0.29, 0.717) is 16.6 Å². The Balaban J connectivity index is 1.93. The number of fused-ring (bicyclic) bond motifs is 1. The SMILES string of the molecule is COc1ccc2sc(Nc3ccc([N+](=O)[O-])cc3OC)nc2c1. The zero-order chi connectivity index (χ0) is 16.4. The largest absolute Gasteiger partial charge is 0.497 e. The molecule has 0 atom stereocenters. The van der Waals surface area contributed by atoms with Crippen LogP contribution < -0.4 is 14.8 Å². The van der Waals surface area contributed by atoms with E-state index in [-0.39, 0.29) is 5.69 Å². The molecule has 1 N–H and O–H groups in total. The number of anilines is 2. The zero-order valence-electron chi connectivity index (χ0n) is 12.4. The molecule has 0 aliphatic rings. The van der Waals surface area contributed by atoms with Crippen LogP contribution in [-0.2, 0) is 0 Å². The first-order chi connectivity index (χ1) is 11.1. The van der Waals surface area contributed by atoms with Crippen molar-refractivity contribution < 1.29 is 14.4 Å². The molecule has 0 bridgehead atoms. The second-order valence-electron chi connectivity index (χ2n) is 4.62. The molecular formula is C15H13N3O4S. The van der Waals surface area contributed by atoms with Gasteiger partial charge in [-0.05, 0) is 18.2 Å². The van der Waals surface area contributed by atoms with E-state index in [9.17, 15) is 10.1 Å². The third-order valence-corrected chi connectivity index (χ3v) is 4.18. The molecule has 0 fully saturated rings. The first-order valence-corrected chi connectivity index (χ1v) is 7.46. The van der Waals surface area contributed by atoms with Gasteiger partial charge in [-0.15, -0.1) is 0 Å². The summed E-state index contributed by atoms with van der Waals surface area (Å²) in [7, 11) is 3.07. The molecular weight excluding hydrogens is 318 g/mol. The van der Waals surface area contributed by atoms with Gasteiger partial charge in [0.25, 0.3) is 5.69 Å². The number of nitrogens with one attached hydrogen (secondary N) is 1. The van der Waals surface area contributed by atoms with Gasteiger partial charge in [-0.25, -0.2) is 4.98 Å². The number of hydrogen-bond donors (Lipinski definition) is 1. The number of nitro benzene ring substituents is 1. The maximum absolute atomic E-state index is 10.8. The highest BCUT2D eigenvalue weighted by molar-refractivity contribution is 7.22. The molecule has 3 rings (SSSR count). The van der Waals surface area contributed by atoms with Crippen molar-refractivity contribution in [1.82, 2.24) is 4.98 Å². The van der Waals surface area contributed by atoms with Gasteiger partial charge in [0.1, 0.15) is 11.5 Å². The highest BCUT2D eigenvalue weighted by Gasteiger charge is 2.13. The van der Waals surface area contributed by atoms with Gasteiger partial charge in [0.15, 0.2) is 5.13 Å². The summed E-state index contributed by atoms with van der Waals surface area (Å²) in [6.07, 6.45) is 0. The number of non-ortho nitro benzene ring substituents is 1. The number of benzene rings is 2. The lowest BCUT2D eigenvalue weighted by Gasteiger charge is -2.08. The van der Waals surface area contributed by atoms with Crippen LogP contribution in [0.15, 0.2) is 36.4 Å². The fourth-order valence-electron chi connectivity index (χ4n) is 2.10. The second-order valence-corrected chi connectivity index (χ2v) is 5.65. The number of methoxy groups -OCH3 is 2. The maximum Gasteiger partial charge on any atom is 0.273 e. The van der Waals surface area contributed by atoms with Gasteiger partial charge < -0.3 is 14.8 Å². The van der Waals surface area contributed by atoms with Gasteiger partial charge in [0, 0.05) is 12.1 Å². The molecule has 118 valence electrons. The number of aromatic nitrogens is 1. The van der Waals surface area contributed by atoms with Crippen LogP contribution in [0.4, 0.5) is 16.5 Å². The third kappa shape index (κ3) is 3.02. The molecule has 0 unspecified atom stereocenters. The standard InChI is InChI=1S/C15H13N3O4S/c1-21-10-4-6-14-12(8-10)17-15(23-14)16-11-5-3-9(18(19)20)7-13(11)22-2/h3-8H,1-2H3,(H,16,17). The number of thiazole rings is 1. The quantitative estimate of drug-likeness (QED) is 0.562. The molecule has 0 saturated heterocycles. The van der Waals surface area contributed by atoms with Gasteiger partial charge in [0.2, 0.25) is 0 Å². The molecule has 2 aromatic carbocycles. The van der Waals surface area contributed by atoms with Crippen LogP contribution in [0, 0.1) is 10.1 Å². The highest BCUT2D eigenvalue weighted by Crippen LogP contribution is 2.35. The van der Waals surface area contributed by atoms with Crippen LogP contribution in [0.2, 0.25) is 0 Å². The predicted octanol–water partition coefficient (Wildman–Crippen LogP) is 3.97. The van der Waals surface area contributed by atoms with Gasteiger partial charge in [-0.1, -0.05) is 11.3 Å². The van der Waals surface area contributed by atoms with E-state index >= 15 is 0 Å². The number of nitrogens with zero attached hydrogens (tertiary/aromatic N) is 2. The average Bonchev–Trinajstić information content (AvgIpc) is 2.96. The Kier molecular flexibility index (Phi) is 3.98. The Hall–Kier alpha value is -2.87. The predicted molar refractivity (Wildman–Crippen MR) is 89.1 cm³/mol. The number of rotatable bonds is 5. The van der Waals surface area contributed by atoms with Crippen molar-refractivity contribution in [3.63, 3.8) is 0 Å². The van der Waals surface area contributed by atoms with Crippen LogP contribution >= 0.6 is 11.3 Å². The van der Waals surface area contributed by atoms with Gasteiger partial charge in [0.05, 0.1) is 41.1 Å². The van der Waals surface area contributed by atoms with E-state index in [1.807, 2.05) is 18.2 Å². The van der Waals surface area contributed by atoms with Crippen molar-refractivity contribution in [1.29, 1.82) is 0 Å². The smallest absolute Gasteiger partial charge is 0.273 e. The lowest BCUT2D eigenvalue weighted by Crippen LogP contribution is -1.96. The summed E-state index contributed by atoms with van der Waals surface area (Å²) < 4.78 is 11.4. The Bertz CT molecular complexity index is 878. The molecule has 0 saturated carbocycles. The monoisotopic (exact) mass is 331 g/mol. The first-order valence-electron chi connectivity index (χ1n) is 6.65. The van der Waals surface area contributed by atoms with E-state index in [0.717, 1.165) is 16.0 Å². The van der Waals surface area contributed by atoms with E-state index in [1.54, 1.807) is 13.2 Å². The molecule has 8 heteroatoms. The molecule has 0 spiro atoms. The van der Waals surface area contributed by atoms with Crippen LogP contribution in [0.5, 0.6) is 11.5 Å². The third-order valence-electron chi connectivity index (χ3n) is 3.23. The minimum Gasteiger partial charge on any atom is -0.497 e. The summed E-state index contributed by atoms with van der Waals surface area (Å²) in [6.45, 7) is 0.